The van der Waals surface area contributed by atoms with Gasteiger partial charge in [0.05, 0.1) is 11.6 Å². The van der Waals surface area contributed by atoms with Crippen molar-refractivity contribution < 1.29 is 4.79 Å². The topological polar surface area (TPSA) is 96.5 Å². The van der Waals surface area contributed by atoms with Gasteiger partial charge in [0, 0.05) is 13.2 Å². The van der Waals surface area contributed by atoms with Gasteiger partial charge in [0.2, 0.25) is 0 Å². The van der Waals surface area contributed by atoms with Gasteiger partial charge in [-0.25, -0.2) is 9.97 Å². The predicted octanol–water partition coefficient (Wildman–Crippen LogP) is 1.21. The minimum Gasteiger partial charge on any atom is -0.342 e. The molecule has 0 saturated heterocycles. The van der Waals surface area contributed by atoms with Gasteiger partial charge in [-0.05, 0) is 18.1 Å². The summed E-state index contributed by atoms with van der Waals surface area (Å²) < 4.78 is 1.64. The highest BCUT2D eigenvalue weighted by atomic mass is 16.1. The van der Waals surface area contributed by atoms with Gasteiger partial charge in [-0.1, -0.05) is 13.8 Å². The van der Waals surface area contributed by atoms with Crippen LogP contribution in [0.25, 0.3) is 0 Å². The Kier molecular flexibility index (Phi) is 4.28. The van der Waals surface area contributed by atoms with Crippen LogP contribution in [-0.4, -0.2) is 25.7 Å². The van der Waals surface area contributed by atoms with Gasteiger partial charge >= 0.3 is 0 Å². The number of carbonyl (C=O) groups is 1. The highest BCUT2D eigenvalue weighted by Crippen LogP contribution is 2.19. The minimum absolute atomic E-state index is 0.156. The largest absolute Gasteiger partial charge is 0.342 e. The summed E-state index contributed by atoms with van der Waals surface area (Å²) in [6.07, 6.45) is 2.85. The number of nitriles is 1. The zero-order chi connectivity index (χ0) is 15.4. The molecule has 1 unspecified atom stereocenters. The van der Waals surface area contributed by atoms with Crippen molar-refractivity contribution in [1.29, 1.82) is 5.26 Å². The molecule has 0 spiro atoms. The summed E-state index contributed by atoms with van der Waals surface area (Å²) in [5.41, 5.74) is 0.682. The molecule has 0 fully saturated rings. The van der Waals surface area contributed by atoms with Gasteiger partial charge in [-0.15, -0.1) is 0 Å². The van der Waals surface area contributed by atoms with E-state index in [2.05, 4.69) is 20.4 Å². The van der Waals surface area contributed by atoms with Gasteiger partial charge in [0.25, 0.3) is 5.91 Å². The molecule has 0 aromatic carbocycles. The molecule has 7 heteroatoms. The summed E-state index contributed by atoms with van der Waals surface area (Å²) in [6, 6.07) is 4.76. The molecule has 21 heavy (non-hydrogen) atoms. The van der Waals surface area contributed by atoms with Crippen LogP contribution in [0, 0.1) is 17.2 Å². The Balaban J connectivity index is 2.19. The molecule has 0 aliphatic carbocycles. The maximum atomic E-state index is 12.3. The third kappa shape index (κ3) is 3.23. The van der Waals surface area contributed by atoms with E-state index >= 15 is 0 Å². The second-order valence-electron chi connectivity index (χ2n) is 4.98. The third-order valence-electron chi connectivity index (χ3n) is 3.12. The quantitative estimate of drug-likeness (QED) is 0.910. The molecule has 0 saturated carbocycles. The number of nitrogens with zero attached hydrogens (tertiary/aromatic N) is 5. The van der Waals surface area contributed by atoms with Crippen molar-refractivity contribution in [2.45, 2.75) is 19.9 Å². The molecule has 0 aliphatic rings. The second-order valence-corrected chi connectivity index (χ2v) is 4.98. The molecule has 0 bridgehead atoms. The molecule has 1 N–H and O–H groups in total. The summed E-state index contributed by atoms with van der Waals surface area (Å²) in [7, 11) is 1.78. The standard InChI is InChI=1S/C14H16N6O/c1-9(2)12(13-17-8-18-20(13)3)19-14(21)10-4-5-11(6-15)16-7-10/h4-5,7-9,12H,1-3H3,(H,19,21). The van der Waals surface area contributed by atoms with Gasteiger partial charge in [-0.2, -0.15) is 10.4 Å². The molecular weight excluding hydrogens is 268 g/mol. The van der Waals surface area contributed by atoms with E-state index in [4.69, 9.17) is 5.26 Å². The summed E-state index contributed by atoms with van der Waals surface area (Å²) >= 11 is 0. The minimum atomic E-state index is -0.256. The molecule has 2 aromatic rings. The van der Waals surface area contributed by atoms with Crippen LogP contribution in [0.2, 0.25) is 0 Å². The van der Waals surface area contributed by atoms with Gasteiger partial charge in [0.1, 0.15) is 23.9 Å². The van der Waals surface area contributed by atoms with Crippen molar-refractivity contribution in [1.82, 2.24) is 25.1 Å². The lowest BCUT2D eigenvalue weighted by Gasteiger charge is -2.21. The van der Waals surface area contributed by atoms with Crippen molar-refractivity contribution in [3.05, 3.63) is 41.7 Å². The Morgan fingerprint density at radius 1 is 1.38 bits per heavy atom. The monoisotopic (exact) mass is 284 g/mol. The number of hydrogen-bond donors (Lipinski definition) is 1. The molecule has 2 rings (SSSR count). The Labute approximate surface area is 122 Å². The number of nitrogens with one attached hydrogen (secondary N) is 1. The summed E-state index contributed by atoms with van der Waals surface area (Å²) in [4.78, 5) is 20.4. The van der Waals surface area contributed by atoms with Crippen LogP contribution in [-0.2, 0) is 7.05 Å². The Morgan fingerprint density at radius 2 is 2.14 bits per heavy atom. The SMILES string of the molecule is CC(C)C(NC(=O)c1ccc(C#N)nc1)c1ncnn1C. The van der Waals surface area contributed by atoms with Crippen LogP contribution in [0.3, 0.4) is 0 Å². The molecule has 1 amide bonds. The molecule has 108 valence electrons. The van der Waals surface area contributed by atoms with Crippen LogP contribution in [0.15, 0.2) is 24.7 Å². The Bertz CT molecular complexity index is 668. The number of carbonyl (C=O) groups excluding carboxylic acids is 1. The summed E-state index contributed by atoms with van der Waals surface area (Å²) in [6.45, 7) is 3.99. The zero-order valence-corrected chi connectivity index (χ0v) is 12.1. The van der Waals surface area contributed by atoms with Crippen molar-refractivity contribution in [3.63, 3.8) is 0 Å². The van der Waals surface area contributed by atoms with E-state index < -0.39 is 0 Å². The van der Waals surface area contributed by atoms with E-state index in [1.54, 1.807) is 17.8 Å². The first-order valence-electron chi connectivity index (χ1n) is 6.54. The molecule has 7 nitrogen and oxygen atoms in total. The van der Waals surface area contributed by atoms with Gasteiger partial charge < -0.3 is 5.32 Å². The normalized spacial score (nSPS) is 12.0. The average molecular weight is 284 g/mol. The molecule has 0 aliphatic heterocycles. The first-order valence-corrected chi connectivity index (χ1v) is 6.54. The fourth-order valence-electron chi connectivity index (χ4n) is 1.93. The fraction of sp³-hybridized carbons (Fsp3) is 0.357. The smallest absolute Gasteiger partial charge is 0.253 e. The number of hydrogen-bond acceptors (Lipinski definition) is 5. The number of pyridine rings is 1. The highest BCUT2D eigenvalue weighted by Gasteiger charge is 2.23. The first kappa shape index (κ1) is 14.7. The predicted molar refractivity (Wildman–Crippen MR) is 75.0 cm³/mol. The Hall–Kier alpha value is -2.75. The lowest BCUT2D eigenvalue weighted by Crippen LogP contribution is -2.33. The van der Waals surface area contributed by atoms with Crippen LogP contribution >= 0.6 is 0 Å². The highest BCUT2D eigenvalue weighted by molar-refractivity contribution is 5.94. The lowest BCUT2D eigenvalue weighted by atomic mass is 10.0. The maximum Gasteiger partial charge on any atom is 0.253 e. The van der Waals surface area contributed by atoms with Gasteiger partial charge in [-0.3, -0.25) is 9.48 Å². The van der Waals surface area contributed by atoms with E-state index in [9.17, 15) is 4.79 Å². The third-order valence-corrected chi connectivity index (χ3v) is 3.12. The second kappa shape index (κ2) is 6.13. The molecule has 1 atom stereocenters. The molecule has 0 radical (unpaired) electrons. The van der Waals surface area contributed by atoms with Crippen molar-refractivity contribution in [2.75, 3.05) is 0 Å². The number of amides is 1. The van der Waals surface area contributed by atoms with E-state index in [1.165, 1.54) is 18.6 Å². The lowest BCUT2D eigenvalue weighted by molar-refractivity contribution is 0.0921. The number of aromatic nitrogens is 4. The van der Waals surface area contributed by atoms with Crippen molar-refractivity contribution >= 4 is 5.91 Å². The van der Waals surface area contributed by atoms with Crippen LogP contribution in [0.5, 0.6) is 0 Å². The number of rotatable bonds is 4. The van der Waals surface area contributed by atoms with E-state index in [0.717, 1.165) is 0 Å². The average Bonchev–Trinajstić information content (AvgIpc) is 2.90. The van der Waals surface area contributed by atoms with Crippen LogP contribution in [0.4, 0.5) is 0 Å². The van der Waals surface area contributed by atoms with Crippen molar-refractivity contribution in [3.8, 4) is 6.07 Å². The first-order chi connectivity index (χ1) is 10.0. The van der Waals surface area contributed by atoms with E-state index in [0.29, 0.717) is 11.4 Å². The van der Waals surface area contributed by atoms with E-state index in [-0.39, 0.29) is 23.6 Å². The molecule has 2 heterocycles. The molecule has 2 aromatic heterocycles. The summed E-state index contributed by atoms with van der Waals surface area (Å²) in [5.74, 6) is 0.594. The number of aryl methyl sites for hydroxylation is 1. The van der Waals surface area contributed by atoms with Crippen molar-refractivity contribution in [2.24, 2.45) is 13.0 Å². The maximum absolute atomic E-state index is 12.3. The van der Waals surface area contributed by atoms with Crippen LogP contribution < -0.4 is 5.32 Å². The fourth-order valence-corrected chi connectivity index (χ4v) is 1.93. The summed E-state index contributed by atoms with van der Waals surface area (Å²) in [5, 5.41) is 15.7. The molecular formula is C14H16N6O. The Morgan fingerprint density at radius 3 is 2.62 bits per heavy atom. The van der Waals surface area contributed by atoms with E-state index in [1.807, 2.05) is 19.9 Å². The zero-order valence-electron chi connectivity index (χ0n) is 12.1. The van der Waals surface area contributed by atoms with Crippen LogP contribution in [0.1, 0.15) is 41.8 Å². The van der Waals surface area contributed by atoms with Gasteiger partial charge in [0.15, 0.2) is 0 Å².